The summed E-state index contributed by atoms with van der Waals surface area (Å²) in [6.45, 7) is 5.73. The van der Waals surface area contributed by atoms with Gasteiger partial charge in [0.25, 0.3) is 0 Å². The van der Waals surface area contributed by atoms with Crippen LogP contribution < -0.4 is 0 Å². The summed E-state index contributed by atoms with van der Waals surface area (Å²) in [5.74, 6) is 0.306. The lowest BCUT2D eigenvalue weighted by atomic mass is 9.90. The van der Waals surface area contributed by atoms with Crippen molar-refractivity contribution in [3.8, 4) is 6.07 Å². The minimum absolute atomic E-state index is 0.0419. The first kappa shape index (κ1) is 14.7. The Balaban J connectivity index is 4.80. The van der Waals surface area contributed by atoms with Crippen LogP contribution in [0, 0.1) is 17.2 Å². The molecule has 0 aliphatic carbocycles. The molecule has 0 amide bonds. The van der Waals surface area contributed by atoms with E-state index < -0.39 is 0 Å². The molecule has 0 aromatic rings. The van der Waals surface area contributed by atoms with E-state index in [4.69, 9.17) is 10.00 Å². The van der Waals surface area contributed by atoms with Crippen molar-refractivity contribution in [1.82, 2.24) is 0 Å². The number of allylic oxidation sites excluding steroid dienone is 2. The van der Waals surface area contributed by atoms with E-state index >= 15 is 0 Å². The maximum absolute atomic E-state index is 12.1. The van der Waals surface area contributed by atoms with Gasteiger partial charge in [-0.05, 0) is 19.8 Å². The molecule has 0 N–H and O–H groups in total. The molecule has 0 saturated heterocycles. The number of hydrogen-bond donors (Lipinski definition) is 0. The molecule has 0 aromatic carbocycles. The average Bonchev–Trinajstić information content (AvgIpc) is 2.30. The molecule has 0 rings (SSSR count). The zero-order valence-electron chi connectivity index (χ0n) is 10.7. The highest BCUT2D eigenvalue weighted by Crippen LogP contribution is 2.19. The van der Waals surface area contributed by atoms with Gasteiger partial charge in [0, 0.05) is 5.92 Å². The molecule has 0 aromatic heterocycles. The molecule has 3 heteroatoms. The summed E-state index contributed by atoms with van der Waals surface area (Å²) in [6.07, 6.45) is 3.72. The predicted molar refractivity (Wildman–Crippen MR) is 63.6 cm³/mol. The zero-order valence-corrected chi connectivity index (χ0v) is 10.7. The van der Waals surface area contributed by atoms with Gasteiger partial charge in [0.15, 0.2) is 5.78 Å². The number of nitriles is 1. The van der Waals surface area contributed by atoms with Gasteiger partial charge in [0.1, 0.15) is 17.4 Å². The number of hydrogen-bond acceptors (Lipinski definition) is 3. The van der Waals surface area contributed by atoms with E-state index in [0.29, 0.717) is 5.76 Å². The molecule has 0 aliphatic rings. The van der Waals surface area contributed by atoms with Gasteiger partial charge in [-0.1, -0.05) is 26.7 Å². The van der Waals surface area contributed by atoms with Crippen LogP contribution in [-0.4, -0.2) is 12.9 Å². The summed E-state index contributed by atoms with van der Waals surface area (Å²) in [7, 11) is 1.48. The van der Waals surface area contributed by atoms with Crippen LogP contribution >= 0.6 is 0 Å². The number of ether oxygens (including phenoxy) is 1. The summed E-state index contributed by atoms with van der Waals surface area (Å²) in [6, 6.07) is 1.95. The molecule has 0 radical (unpaired) electrons. The van der Waals surface area contributed by atoms with Crippen LogP contribution in [0.25, 0.3) is 0 Å². The molecule has 90 valence electrons. The van der Waals surface area contributed by atoms with Crippen molar-refractivity contribution in [1.29, 1.82) is 5.26 Å². The number of methoxy groups -OCH3 is 1. The Kier molecular flexibility index (Phi) is 7.28. The third-order valence-corrected chi connectivity index (χ3v) is 2.79. The Hall–Kier alpha value is -1.30. The second-order valence-electron chi connectivity index (χ2n) is 3.86. The van der Waals surface area contributed by atoms with Crippen molar-refractivity contribution >= 4 is 5.78 Å². The quantitative estimate of drug-likeness (QED) is 0.378. The van der Waals surface area contributed by atoms with Crippen molar-refractivity contribution in [2.24, 2.45) is 5.92 Å². The maximum Gasteiger partial charge on any atom is 0.179 e. The standard InChI is InChI=1S/C13H21NO2/c1-5-7-8-11(6-2)13(15)12(9-14)10(3)16-4/h11H,5-8H2,1-4H3/b12-10+. The number of carbonyl (C=O) groups is 1. The van der Waals surface area contributed by atoms with Gasteiger partial charge >= 0.3 is 0 Å². The van der Waals surface area contributed by atoms with E-state index in [1.165, 1.54) is 7.11 Å². The lowest BCUT2D eigenvalue weighted by Gasteiger charge is -2.13. The predicted octanol–water partition coefficient (Wildman–Crippen LogP) is 3.22. The molecule has 0 fully saturated rings. The van der Waals surface area contributed by atoms with E-state index in [2.05, 4.69) is 6.92 Å². The largest absolute Gasteiger partial charge is 0.500 e. The summed E-state index contributed by atoms with van der Waals surface area (Å²) in [5.41, 5.74) is 0.172. The summed E-state index contributed by atoms with van der Waals surface area (Å²) < 4.78 is 4.96. The third-order valence-electron chi connectivity index (χ3n) is 2.79. The Labute approximate surface area is 98.1 Å². The smallest absolute Gasteiger partial charge is 0.179 e. The van der Waals surface area contributed by atoms with Crippen LogP contribution in [0.1, 0.15) is 46.5 Å². The SMILES string of the molecule is CCCCC(CC)C(=O)/C(C#N)=C(\C)OC. The highest BCUT2D eigenvalue weighted by molar-refractivity contribution is 6.01. The van der Waals surface area contributed by atoms with E-state index in [1.807, 2.05) is 13.0 Å². The van der Waals surface area contributed by atoms with E-state index in [1.54, 1.807) is 6.92 Å². The molecule has 1 unspecified atom stereocenters. The number of Topliss-reactive ketones (excluding diaryl/α,β-unsaturated/α-hetero) is 1. The van der Waals surface area contributed by atoms with E-state index in [0.717, 1.165) is 25.7 Å². The third kappa shape index (κ3) is 4.06. The first-order valence-corrected chi connectivity index (χ1v) is 5.81. The van der Waals surface area contributed by atoms with Crippen molar-refractivity contribution in [3.05, 3.63) is 11.3 Å². The fourth-order valence-corrected chi connectivity index (χ4v) is 1.58. The van der Waals surface area contributed by atoms with Crippen LogP contribution in [0.5, 0.6) is 0 Å². The Morgan fingerprint density at radius 2 is 2.06 bits per heavy atom. The summed E-state index contributed by atoms with van der Waals surface area (Å²) >= 11 is 0. The summed E-state index contributed by atoms with van der Waals surface area (Å²) in [5, 5.41) is 8.96. The Bertz CT molecular complexity index is 300. The Morgan fingerprint density at radius 3 is 2.44 bits per heavy atom. The maximum atomic E-state index is 12.1. The van der Waals surface area contributed by atoms with Crippen LogP contribution in [0.2, 0.25) is 0 Å². The minimum Gasteiger partial charge on any atom is -0.500 e. The molecule has 0 bridgehead atoms. The fraction of sp³-hybridized carbons (Fsp3) is 0.692. The van der Waals surface area contributed by atoms with Gasteiger partial charge in [-0.25, -0.2) is 0 Å². The lowest BCUT2D eigenvalue weighted by molar-refractivity contribution is -0.119. The van der Waals surface area contributed by atoms with Crippen molar-refractivity contribution in [3.63, 3.8) is 0 Å². The van der Waals surface area contributed by atoms with Crippen molar-refractivity contribution < 1.29 is 9.53 Å². The molecular formula is C13H21NO2. The van der Waals surface area contributed by atoms with Crippen LogP contribution in [-0.2, 0) is 9.53 Å². The van der Waals surface area contributed by atoms with Gasteiger partial charge in [-0.3, -0.25) is 4.79 Å². The van der Waals surface area contributed by atoms with Crippen molar-refractivity contribution in [2.45, 2.75) is 46.5 Å². The topological polar surface area (TPSA) is 50.1 Å². The highest BCUT2D eigenvalue weighted by atomic mass is 16.5. The molecule has 3 nitrogen and oxygen atoms in total. The fourth-order valence-electron chi connectivity index (χ4n) is 1.58. The molecule has 1 atom stereocenters. The number of rotatable bonds is 7. The number of unbranched alkanes of at least 4 members (excludes halogenated alkanes) is 1. The summed E-state index contributed by atoms with van der Waals surface area (Å²) in [4.78, 5) is 12.1. The van der Waals surface area contributed by atoms with Gasteiger partial charge in [-0.15, -0.1) is 0 Å². The van der Waals surface area contributed by atoms with E-state index in [-0.39, 0.29) is 17.3 Å². The lowest BCUT2D eigenvalue weighted by Crippen LogP contribution is -2.17. The first-order chi connectivity index (χ1) is 7.62. The molecule has 0 heterocycles. The van der Waals surface area contributed by atoms with Gasteiger partial charge < -0.3 is 4.74 Å². The molecular weight excluding hydrogens is 202 g/mol. The minimum atomic E-state index is -0.0715. The van der Waals surface area contributed by atoms with Crippen LogP contribution in [0.3, 0.4) is 0 Å². The monoisotopic (exact) mass is 223 g/mol. The molecule has 0 saturated carbocycles. The number of ketones is 1. The molecule has 0 spiro atoms. The van der Waals surface area contributed by atoms with Gasteiger partial charge in [-0.2, -0.15) is 5.26 Å². The number of nitrogens with zero attached hydrogens (tertiary/aromatic N) is 1. The molecule has 0 aliphatic heterocycles. The first-order valence-electron chi connectivity index (χ1n) is 5.81. The average molecular weight is 223 g/mol. The highest BCUT2D eigenvalue weighted by Gasteiger charge is 2.22. The van der Waals surface area contributed by atoms with Crippen LogP contribution in [0.15, 0.2) is 11.3 Å². The zero-order chi connectivity index (χ0) is 12.6. The van der Waals surface area contributed by atoms with Gasteiger partial charge in [0.05, 0.1) is 7.11 Å². The van der Waals surface area contributed by atoms with Crippen LogP contribution in [0.4, 0.5) is 0 Å². The normalized spacial score (nSPS) is 13.7. The second-order valence-corrected chi connectivity index (χ2v) is 3.86. The molecule has 16 heavy (non-hydrogen) atoms. The van der Waals surface area contributed by atoms with E-state index in [9.17, 15) is 4.79 Å². The Morgan fingerprint density at radius 1 is 1.44 bits per heavy atom. The number of carbonyl (C=O) groups excluding carboxylic acids is 1. The van der Waals surface area contributed by atoms with Gasteiger partial charge in [0.2, 0.25) is 0 Å². The van der Waals surface area contributed by atoms with Crippen molar-refractivity contribution in [2.75, 3.05) is 7.11 Å². The second kappa shape index (κ2) is 7.92.